The SMILES string of the molecule is CC.CC1=CC=NCC=C1. The summed E-state index contributed by atoms with van der Waals surface area (Å²) in [5, 5.41) is 0. The number of rotatable bonds is 0. The Labute approximate surface area is 63.2 Å². The van der Waals surface area contributed by atoms with Gasteiger partial charge >= 0.3 is 0 Å². The number of hydrogen-bond acceptors (Lipinski definition) is 1. The van der Waals surface area contributed by atoms with Crippen molar-refractivity contribution in [2.75, 3.05) is 6.54 Å². The predicted molar refractivity (Wildman–Crippen MR) is 47.6 cm³/mol. The van der Waals surface area contributed by atoms with Gasteiger partial charge in [-0.2, -0.15) is 0 Å². The van der Waals surface area contributed by atoms with Crippen LogP contribution in [0.25, 0.3) is 0 Å². The standard InChI is InChI=1S/C7H9N.C2H6/c1-7-3-2-5-8-6-4-7;1-2/h2-4,6H,5H2,1H3;1-2H3. The molecule has 56 valence electrons. The summed E-state index contributed by atoms with van der Waals surface area (Å²) in [4.78, 5) is 4.03. The van der Waals surface area contributed by atoms with Gasteiger partial charge in [0.05, 0.1) is 6.54 Å². The van der Waals surface area contributed by atoms with Gasteiger partial charge in [0.2, 0.25) is 0 Å². The number of aliphatic imine (C=N–C) groups is 1. The molecular formula is C9H15N. The molecule has 0 bridgehead atoms. The molecule has 0 aromatic carbocycles. The van der Waals surface area contributed by atoms with E-state index in [9.17, 15) is 0 Å². The maximum Gasteiger partial charge on any atom is 0.0573 e. The molecule has 1 aliphatic rings. The van der Waals surface area contributed by atoms with Crippen molar-refractivity contribution in [3.8, 4) is 0 Å². The molecule has 0 N–H and O–H groups in total. The highest BCUT2D eigenvalue weighted by atomic mass is 14.7. The molecule has 0 aromatic rings. The molecule has 1 nitrogen and oxygen atoms in total. The Hall–Kier alpha value is -0.850. The van der Waals surface area contributed by atoms with Crippen molar-refractivity contribution in [2.24, 2.45) is 4.99 Å². The molecule has 0 saturated heterocycles. The van der Waals surface area contributed by atoms with Gasteiger partial charge in [0.1, 0.15) is 0 Å². The lowest BCUT2D eigenvalue weighted by atomic mass is 10.3. The van der Waals surface area contributed by atoms with Crippen molar-refractivity contribution in [2.45, 2.75) is 20.8 Å². The first-order valence-corrected chi connectivity index (χ1v) is 3.73. The van der Waals surface area contributed by atoms with Crippen LogP contribution in [-0.2, 0) is 0 Å². The molecule has 1 heterocycles. The number of nitrogens with zero attached hydrogens (tertiary/aromatic N) is 1. The second-order valence-corrected chi connectivity index (χ2v) is 1.83. The summed E-state index contributed by atoms with van der Waals surface area (Å²) < 4.78 is 0. The van der Waals surface area contributed by atoms with Gasteiger partial charge in [-0.05, 0) is 18.6 Å². The summed E-state index contributed by atoms with van der Waals surface area (Å²) in [5.41, 5.74) is 1.27. The van der Waals surface area contributed by atoms with E-state index in [0.29, 0.717) is 0 Å². The Bertz CT molecular complexity index is 152. The van der Waals surface area contributed by atoms with Gasteiger partial charge in [0, 0.05) is 6.21 Å². The van der Waals surface area contributed by atoms with Crippen LogP contribution in [0.3, 0.4) is 0 Å². The smallest absolute Gasteiger partial charge is 0.0573 e. The van der Waals surface area contributed by atoms with Crippen LogP contribution in [0, 0.1) is 0 Å². The molecular weight excluding hydrogens is 122 g/mol. The van der Waals surface area contributed by atoms with Crippen molar-refractivity contribution < 1.29 is 0 Å². The van der Waals surface area contributed by atoms with Crippen molar-refractivity contribution >= 4 is 6.21 Å². The third-order valence-corrected chi connectivity index (χ3v) is 1.03. The van der Waals surface area contributed by atoms with Crippen molar-refractivity contribution in [1.29, 1.82) is 0 Å². The van der Waals surface area contributed by atoms with Gasteiger partial charge in [-0.25, -0.2) is 0 Å². The second kappa shape index (κ2) is 6.27. The fourth-order valence-electron chi connectivity index (χ4n) is 0.586. The average molecular weight is 137 g/mol. The molecule has 0 fully saturated rings. The van der Waals surface area contributed by atoms with Crippen LogP contribution < -0.4 is 0 Å². The van der Waals surface area contributed by atoms with Crippen LogP contribution in [0.15, 0.2) is 28.8 Å². The first-order chi connectivity index (χ1) is 4.89. The van der Waals surface area contributed by atoms with E-state index < -0.39 is 0 Å². The molecule has 1 rings (SSSR count). The Kier molecular flexibility index (Phi) is 5.74. The average Bonchev–Trinajstić information content (AvgIpc) is 2.21. The minimum atomic E-state index is 0.827. The van der Waals surface area contributed by atoms with Crippen LogP contribution in [0.2, 0.25) is 0 Å². The fourth-order valence-corrected chi connectivity index (χ4v) is 0.586. The Balaban J connectivity index is 0.000000371. The molecule has 0 radical (unpaired) electrons. The molecule has 10 heavy (non-hydrogen) atoms. The molecule has 1 heteroatoms. The molecule has 0 spiro atoms. The lowest BCUT2D eigenvalue weighted by Crippen LogP contribution is -1.66. The molecule has 0 amide bonds. The van der Waals surface area contributed by atoms with Crippen molar-refractivity contribution in [3.05, 3.63) is 23.8 Å². The van der Waals surface area contributed by atoms with Crippen molar-refractivity contribution in [3.63, 3.8) is 0 Å². The summed E-state index contributed by atoms with van der Waals surface area (Å²) in [6.07, 6.45) is 7.97. The summed E-state index contributed by atoms with van der Waals surface area (Å²) in [7, 11) is 0. The largest absolute Gasteiger partial charge is 0.289 e. The normalized spacial score (nSPS) is 14.9. The fraction of sp³-hybridized carbons (Fsp3) is 0.444. The summed E-state index contributed by atoms with van der Waals surface area (Å²) in [6.45, 7) is 6.89. The molecule has 0 aliphatic carbocycles. The zero-order valence-corrected chi connectivity index (χ0v) is 6.96. The van der Waals surface area contributed by atoms with Crippen molar-refractivity contribution in [1.82, 2.24) is 0 Å². The van der Waals surface area contributed by atoms with E-state index in [1.165, 1.54) is 5.57 Å². The van der Waals surface area contributed by atoms with E-state index in [2.05, 4.69) is 24.1 Å². The summed E-state index contributed by atoms with van der Waals surface area (Å²) >= 11 is 0. The molecule has 0 atom stereocenters. The zero-order chi connectivity index (χ0) is 7.82. The number of allylic oxidation sites excluding steroid dienone is 3. The minimum Gasteiger partial charge on any atom is -0.289 e. The highest BCUT2D eigenvalue weighted by molar-refractivity contribution is 5.73. The van der Waals surface area contributed by atoms with E-state index in [1.807, 2.05) is 26.1 Å². The van der Waals surface area contributed by atoms with E-state index >= 15 is 0 Å². The summed E-state index contributed by atoms with van der Waals surface area (Å²) in [5.74, 6) is 0. The highest BCUT2D eigenvalue weighted by Gasteiger charge is 1.81. The number of hydrogen-bond donors (Lipinski definition) is 0. The third-order valence-electron chi connectivity index (χ3n) is 1.03. The zero-order valence-electron chi connectivity index (χ0n) is 6.96. The van der Waals surface area contributed by atoms with Gasteiger partial charge in [0.25, 0.3) is 0 Å². The summed E-state index contributed by atoms with van der Waals surface area (Å²) in [6, 6.07) is 0. The lowest BCUT2D eigenvalue weighted by molar-refractivity contribution is 1.26. The van der Waals surface area contributed by atoms with Gasteiger partial charge < -0.3 is 0 Å². The second-order valence-electron chi connectivity index (χ2n) is 1.83. The van der Waals surface area contributed by atoms with Crippen LogP contribution in [0.1, 0.15) is 20.8 Å². The van der Waals surface area contributed by atoms with Crippen LogP contribution in [0.4, 0.5) is 0 Å². The molecule has 1 aliphatic heterocycles. The predicted octanol–water partition coefficient (Wildman–Crippen LogP) is 2.60. The third kappa shape index (κ3) is 4.07. The van der Waals surface area contributed by atoms with E-state index in [0.717, 1.165) is 6.54 Å². The Morgan fingerprint density at radius 3 is 2.80 bits per heavy atom. The first kappa shape index (κ1) is 9.15. The monoisotopic (exact) mass is 137 g/mol. The molecule has 0 unspecified atom stereocenters. The maximum atomic E-state index is 4.03. The van der Waals surface area contributed by atoms with Crippen LogP contribution in [0.5, 0.6) is 0 Å². The lowest BCUT2D eigenvalue weighted by Gasteiger charge is -1.79. The topological polar surface area (TPSA) is 12.4 Å². The van der Waals surface area contributed by atoms with Gasteiger partial charge in [-0.1, -0.05) is 26.0 Å². The Morgan fingerprint density at radius 2 is 2.10 bits per heavy atom. The van der Waals surface area contributed by atoms with Gasteiger partial charge in [-0.15, -0.1) is 0 Å². The Morgan fingerprint density at radius 1 is 1.40 bits per heavy atom. The van der Waals surface area contributed by atoms with Gasteiger partial charge in [-0.3, -0.25) is 4.99 Å². The molecule has 0 saturated carbocycles. The highest BCUT2D eigenvalue weighted by Crippen LogP contribution is 1.95. The maximum absolute atomic E-state index is 4.03. The molecule has 0 aromatic heterocycles. The quantitative estimate of drug-likeness (QED) is 0.486. The minimum absolute atomic E-state index is 0.827. The van der Waals surface area contributed by atoms with Crippen LogP contribution in [-0.4, -0.2) is 12.8 Å². The van der Waals surface area contributed by atoms with E-state index in [4.69, 9.17) is 0 Å². The first-order valence-electron chi connectivity index (χ1n) is 3.73. The van der Waals surface area contributed by atoms with E-state index in [-0.39, 0.29) is 0 Å². The van der Waals surface area contributed by atoms with E-state index in [1.54, 1.807) is 0 Å². The van der Waals surface area contributed by atoms with Crippen LogP contribution >= 0.6 is 0 Å². The van der Waals surface area contributed by atoms with Gasteiger partial charge in [0.15, 0.2) is 0 Å².